The van der Waals surface area contributed by atoms with Gasteiger partial charge in [-0.15, -0.1) is 0 Å². The predicted octanol–water partition coefficient (Wildman–Crippen LogP) is 4.13. The minimum absolute atomic E-state index is 0.0833. The quantitative estimate of drug-likeness (QED) is 0.604. The van der Waals surface area contributed by atoms with Crippen LogP contribution in [0.1, 0.15) is 54.5 Å². The number of carboxylic acid groups (broad SMARTS) is 1. The van der Waals surface area contributed by atoms with Gasteiger partial charge < -0.3 is 14.6 Å². The number of halogens is 2. The summed E-state index contributed by atoms with van der Waals surface area (Å²) >= 11 is 0. The molecule has 2 heterocycles. The van der Waals surface area contributed by atoms with E-state index in [1.807, 2.05) is 6.07 Å². The van der Waals surface area contributed by atoms with Gasteiger partial charge in [-0.1, -0.05) is 30.3 Å². The highest BCUT2D eigenvalue weighted by Crippen LogP contribution is 2.41. The maximum atomic E-state index is 15.4. The van der Waals surface area contributed by atoms with Crippen molar-refractivity contribution in [3.8, 4) is 0 Å². The first-order valence-corrected chi connectivity index (χ1v) is 13.1. The number of benzene rings is 2. The lowest BCUT2D eigenvalue weighted by atomic mass is 9.85. The topological polar surface area (TPSA) is 93.1 Å². The van der Waals surface area contributed by atoms with Crippen molar-refractivity contribution in [1.82, 2.24) is 4.31 Å². The van der Waals surface area contributed by atoms with Crippen LogP contribution in [0.15, 0.2) is 42.5 Å². The molecule has 0 spiro atoms. The first kappa shape index (κ1) is 25.7. The van der Waals surface area contributed by atoms with Crippen molar-refractivity contribution in [3.05, 3.63) is 70.8 Å². The molecule has 2 fully saturated rings. The van der Waals surface area contributed by atoms with Crippen LogP contribution in [-0.2, 0) is 36.4 Å². The van der Waals surface area contributed by atoms with E-state index >= 15 is 8.78 Å². The minimum Gasteiger partial charge on any atom is -0.480 e. The average Bonchev–Trinajstić information content (AvgIpc) is 2.83. The van der Waals surface area contributed by atoms with Gasteiger partial charge >= 0.3 is 5.97 Å². The van der Waals surface area contributed by atoms with E-state index in [1.54, 1.807) is 31.2 Å². The third-order valence-corrected chi connectivity index (χ3v) is 9.29. The van der Waals surface area contributed by atoms with Crippen LogP contribution in [-0.4, -0.2) is 49.7 Å². The first-order chi connectivity index (χ1) is 16.6. The molecule has 2 aliphatic rings. The number of nitrogens with zero attached hydrogens (tertiary/aromatic N) is 1. The first-order valence-electron chi connectivity index (χ1n) is 11.6. The molecule has 2 aromatic carbocycles. The molecule has 2 unspecified atom stereocenters. The van der Waals surface area contributed by atoms with Crippen LogP contribution in [0.2, 0.25) is 0 Å². The van der Waals surface area contributed by atoms with E-state index in [0.29, 0.717) is 18.4 Å². The minimum atomic E-state index is -3.82. The summed E-state index contributed by atoms with van der Waals surface area (Å²) in [6.07, 6.45) is 1.39. The lowest BCUT2D eigenvalue weighted by Gasteiger charge is -2.38. The average molecular weight is 510 g/mol. The SMILES string of the molecule is CC1CCC(c2ccccc2)S(=O)(=O)N1Cc1cc(F)c(C2(OCC(=O)O)CCOCC2)cc1F. The Morgan fingerprint density at radius 1 is 1.14 bits per heavy atom. The molecule has 0 radical (unpaired) electrons. The van der Waals surface area contributed by atoms with Crippen molar-refractivity contribution in [2.24, 2.45) is 0 Å². The maximum absolute atomic E-state index is 15.4. The largest absolute Gasteiger partial charge is 0.480 e. The van der Waals surface area contributed by atoms with Crippen molar-refractivity contribution in [1.29, 1.82) is 0 Å². The molecule has 35 heavy (non-hydrogen) atoms. The Morgan fingerprint density at radius 3 is 2.49 bits per heavy atom. The molecule has 0 amide bonds. The molecule has 0 aliphatic carbocycles. The van der Waals surface area contributed by atoms with Gasteiger partial charge in [0.1, 0.15) is 29.1 Å². The molecular weight excluding hydrogens is 480 g/mol. The van der Waals surface area contributed by atoms with Crippen LogP contribution in [0.3, 0.4) is 0 Å². The Hall–Kier alpha value is -2.40. The Balaban J connectivity index is 1.64. The van der Waals surface area contributed by atoms with Gasteiger partial charge in [-0.05, 0) is 37.5 Å². The summed E-state index contributed by atoms with van der Waals surface area (Å²) in [6, 6.07) is 10.5. The highest BCUT2D eigenvalue weighted by molar-refractivity contribution is 7.89. The zero-order valence-corrected chi connectivity index (χ0v) is 20.3. The second-order valence-corrected chi connectivity index (χ2v) is 11.2. The number of aliphatic carboxylic acids is 1. The molecule has 0 aromatic heterocycles. The zero-order chi connectivity index (χ0) is 25.2. The lowest BCUT2D eigenvalue weighted by molar-refractivity contribution is -0.160. The Labute approximate surface area is 203 Å². The summed E-state index contributed by atoms with van der Waals surface area (Å²) in [6.45, 7) is 1.23. The summed E-state index contributed by atoms with van der Waals surface area (Å²) in [4.78, 5) is 11.1. The standard InChI is InChI=1S/C25H29F2NO6S/c1-17-7-8-23(18-5-3-2-4-6-18)35(31,32)28(17)15-19-13-22(27)20(14-21(19)26)25(34-16-24(29)30)9-11-33-12-10-25/h2-6,13-14,17,23H,7-12,15-16H2,1H3,(H,29,30). The fraction of sp³-hybridized carbons (Fsp3) is 0.480. The van der Waals surface area contributed by atoms with Crippen LogP contribution >= 0.6 is 0 Å². The van der Waals surface area contributed by atoms with E-state index in [2.05, 4.69) is 0 Å². The molecule has 2 aliphatic heterocycles. The Morgan fingerprint density at radius 2 is 1.83 bits per heavy atom. The van der Waals surface area contributed by atoms with Crippen molar-refractivity contribution >= 4 is 16.0 Å². The molecule has 2 atom stereocenters. The van der Waals surface area contributed by atoms with Gasteiger partial charge in [-0.25, -0.2) is 22.0 Å². The van der Waals surface area contributed by atoms with E-state index in [-0.39, 0.29) is 49.8 Å². The van der Waals surface area contributed by atoms with Crippen LogP contribution in [0.4, 0.5) is 8.78 Å². The van der Waals surface area contributed by atoms with Gasteiger partial charge in [0.25, 0.3) is 0 Å². The molecule has 4 rings (SSSR count). The fourth-order valence-electron chi connectivity index (χ4n) is 4.97. The summed E-state index contributed by atoms with van der Waals surface area (Å²) < 4.78 is 69.7. The van der Waals surface area contributed by atoms with Gasteiger partial charge in [0.2, 0.25) is 10.0 Å². The predicted molar refractivity (Wildman–Crippen MR) is 124 cm³/mol. The fourth-order valence-corrected chi connectivity index (χ4v) is 7.16. The van der Waals surface area contributed by atoms with Crippen LogP contribution < -0.4 is 0 Å². The zero-order valence-electron chi connectivity index (χ0n) is 19.5. The van der Waals surface area contributed by atoms with Gasteiger partial charge in [0.05, 0.1) is 0 Å². The van der Waals surface area contributed by atoms with E-state index in [4.69, 9.17) is 14.6 Å². The van der Waals surface area contributed by atoms with Crippen molar-refractivity contribution in [3.63, 3.8) is 0 Å². The second-order valence-electron chi connectivity index (χ2n) is 9.13. The highest BCUT2D eigenvalue weighted by atomic mass is 32.2. The van der Waals surface area contributed by atoms with E-state index < -0.39 is 45.1 Å². The smallest absolute Gasteiger partial charge is 0.329 e. The second kappa shape index (κ2) is 10.3. The lowest BCUT2D eigenvalue weighted by Crippen LogP contribution is -2.45. The Bertz CT molecular complexity index is 1170. The summed E-state index contributed by atoms with van der Waals surface area (Å²) in [5, 5.41) is 8.30. The van der Waals surface area contributed by atoms with Gasteiger partial charge in [-0.3, -0.25) is 0 Å². The van der Waals surface area contributed by atoms with Gasteiger partial charge in [-0.2, -0.15) is 4.31 Å². The highest BCUT2D eigenvalue weighted by Gasteiger charge is 2.42. The summed E-state index contributed by atoms with van der Waals surface area (Å²) in [7, 11) is -3.82. The monoisotopic (exact) mass is 509 g/mol. The Kier molecular flexibility index (Phi) is 7.56. The summed E-state index contributed by atoms with van der Waals surface area (Å²) in [5.74, 6) is -2.75. The van der Waals surface area contributed by atoms with Gasteiger partial charge in [0.15, 0.2) is 0 Å². The molecule has 10 heteroatoms. The molecule has 0 saturated carbocycles. The molecule has 190 valence electrons. The van der Waals surface area contributed by atoms with Crippen LogP contribution in [0.25, 0.3) is 0 Å². The third-order valence-electron chi connectivity index (χ3n) is 6.92. The number of sulfonamides is 1. The number of carbonyl (C=O) groups is 1. The number of ether oxygens (including phenoxy) is 2. The van der Waals surface area contributed by atoms with Crippen molar-refractivity contribution < 1.29 is 36.6 Å². The molecule has 7 nitrogen and oxygen atoms in total. The number of hydrogen-bond acceptors (Lipinski definition) is 5. The molecule has 0 bridgehead atoms. The van der Waals surface area contributed by atoms with Crippen molar-refractivity contribution in [2.75, 3.05) is 19.8 Å². The van der Waals surface area contributed by atoms with E-state index in [9.17, 15) is 13.2 Å². The molecule has 1 N–H and O–H groups in total. The van der Waals surface area contributed by atoms with Crippen LogP contribution in [0, 0.1) is 11.6 Å². The summed E-state index contributed by atoms with van der Waals surface area (Å²) in [5.41, 5.74) is -0.831. The van der Waals surface area contributed by atoms with E-state index in [0.717, 1.165) is 12.1 Å². The van der Waals surface area contributed by atoms with Gasteiger partial charge in [0, 0.05) is 49.8 Å². The van der Waals surface area contributed by atoms with Crippen molar-refractivity contribution in [2.45, 2.75) is 56.0 Å². The number of carboxylic acids is 1. The molecule has 2 saturated heterocycles. The maximum Gasteiger partial charge on any atom is 0.329 e. The third kappa shape index (κ3) is 5.25. The number of hydrogen-bond donors (Lipinski definition) is 1. The molecular formula is C25H29F2NO6S. The van der Waals surface area contributed by atoms with E-state index in [1.165, 1.54) is 4.31 Å². The number of rotatable bonds is 7. The molecule has 2 aromatic rings. The normalized spacial score (nSPS) is 24.2. The van der Waals surface area contributed by atoms with Crippen LogP contribution in [0.5, 0.6) is 0 Å².